The molecule has 0 saturated heterocycles. The first-order valence-electron chi connectivity index (χ1n) is 9.81. The fourth-order valence-electron chi connectivity index (χ4n) is 4.99. The van der Waals surface area contributed by atoms with Gasteiger partial charge in [0.25, 0.3) is 5.91 Å². The number of hydrogen-bond acceptors (Lipinski definition) is 4. The smallest absolute Gasteiger partial charge is 0.262 e. The van der Waals surface area contributed by atoms with Gasteiger partial charge in [-0.2, -0.15) is 0 Å². The lowest BCUT2D eigenvalue weighted by molar-refractivity contribution is -0.136. The standard InChI is InChI=1S/C22H21ClFN3O2/c1-27-20(28)22(26-21(27)25)16-4-2-3-5-18(16)29-19-7-6-12(10-17(19)22)13-8-14(23)11-15(24)9-13/h6-11,16,18H,2-5H2,1H3,(H2,25,26)/t16-,18?,22?/m0/s1. The van der Waals surface area contributed by atoms with Crippen LogP contribution in [0.5, 0.6) is 5.75 Å². The van der Waals surface area contributed by atoms with Gasteiger partial charge in [-0.05, 0) is 60.7 Å². The van der Waals surface area contributed by atoms with Crippen molar-refractivity contribution in [3.8, 4) is 16.9 Å². The van der Waals surface area contributed by atoms with E-state index in [9.17, 15) is 9.18 Å². The van der Waals surface area contributed by atoms with E-state index in [1.54, 1.807) is 13.1 Å². The first-order chi connectivity index (χ1) is 13.9. The summed E-state index contributed by atoms with van der Waals surface area (Å²) >= 11 is 6.05. The van der Waals surface area contributed by atoms with Gasteiger partial charge in [-0.1, -0.05) is 24.1 Å². The summed E-state index contributed by atoms with van der Waals surface area (Å²) in [4.78, 5) is 19.6. The number of aliphatic imine (C=N–C) groups is 1. The number of likely N-dealkylation sites (N-methyl/N-ethyl adjacent to an activating group) is 1. The van der Waals surface area contributed by atoms with E-state index in [1.165, 1.54) is 17.0 Å². The Kier molecular flexibility index (Phi) is 4.10. The largest absolute Gasteiger partial charge is 0.490 e. The van der Waals surface area contributed by atoms with Crippen molar-refractivity contribution in [1.82, 2.24) is 4.90 Å². The quantitative estimate of drug-likeness (QED) is 0.765. The molecule has 1 aliphatic carbocycles. The van der Waals surface area contributed by atoms with E-state index in [0.717, 1.165) is 31.2 Å². The fourth-order valence-corrected chi connectivity index (χ4v) is 5.21. The van der Waals surface area contributed by atoms with E-state index in [1.807, 2.05) is 18.2 Å². The maximum absolute atomic E-state index is 13.9. The van der Waals surface area contributed by atoms with Crippen molar-refractivity contribution < 1.29 is 13.9 Å². The second kappa shape index (κ2) is 6.46. The van der Waals surface area contributed by atoms with E-state index in [4.69, 9.17) is 27.1 Å². The Balaban J connectivity index is 1.73. The van der Waals surface area contributed by atoms with Gasteiger partial charge in [-0.3, -0.25) is 9.69 Å². The van der Waals surface area contributed by atoms with Gasteiger partial charge in [0.05, 0.1) is 0 Å². The van der Waals surface area contributed by atoms with E-state index in [0.29, 0.717) is 21.9 Å². The monoisotopic (exact) mass is 413 g/mol. The Bertz CT molecular complexity index is 1040. The molecule has 1 amide bonds. The van der Waals surface area contributed by atoms with Crippen molar-refractivity contribution in [3.05, 3.63) is 52.8 Å². The van der Waals surface area contributed by atoms with Gasteiger partial charge < -0.3 is 10.5 Å². The summed E-state index contributed by atoms with van der Waals surface area (Å²) in [6.07, 6.45) is 3.75. The van der Waals surface area contributed by atoms with Gasteiger partial charge in [-0.15, -0.1) is 0 Å². The molecule has 2 N–H and O–H groups in total. The van der Waals surface area contributed by atoms with Gasteiger partial charge in [0.1, 0.15) is 17.7 Å². The fraction of sp³-hybridized carbons (Fsp3) is 0.364. The zero-order valence-corrected chi connectivity index (χ0v) is 16.7. The van der Waals surface area contributed by atoms with Gasteiger partial charge in [0.2, 0.25) is 0 Å². The summed E-state index contributed by atoms with van der Waals surface area (Å²) in [7, 11) is 1.65. The molecule has 3 atom stereocenters. The van der Waals surface area contributed by atoms with Crippen LogP contribution in [0.25, 0.3) is 11.1 Å². The molecule has 2 aliphatic heterocycles. The molecule has 3 aliphatic rings. The van der Waals surface area contributed by atoms with Crippen LogP contribution in [0, 0.1) is 11.7 Å². The van der Waals surface area contributed by atoms with Crippen molar-refractivity contribution in [3.63, 3.8) is 0 Å². The van der Waals surface area contributed by atoms with E-state index in [-0.39, 0.29) is 23.9 Å². The Hall–Kier alpha value is -2.60. The molecule has 2 heterocycles. The summed E-state index contributed by atoms with van der Waals surface area (Å²) in [5.41, 5.74) is 7.07. The molecule has 1 fully saturated rings. The highest BCUT2D eigenvalue weighted by Gasteiger charge is 2.60. The van der Waals surface area contributed by atoms with Crippen LogP contribution in [-0.4, -0.2) is 29.9 Å². The predicted octanol–water partition coefficient (Wildman–Crippen LogP) is 4.08. The minimum atomic E-state index is -1.09. The van der Waals surface area contributed by atoms with Crippen molar-refractivity contribution in [1.29, 1.82) is 0 Å². The molecule has 1 spiro atoms. The van der Waals surface area contributed by atoms with E-state index in [2.05, 4.69) is 0 Å². The van der Waals surface area contributed by atoms with Crippen LogP contribution in [0.4, 0.5) is 4.39 Å². The number of hydrogen-bond donors (Lipinski definition) is 1. The molecule has 29 heavy (non-hydrogen) atoms. The zero-order valence-electron chi connectivity index (χ0n) is 16.0. The molecule has 0 bridgehead atoms. The lowest BCUT2D eigenvalue weighted by Crippen LogP contribution is -2.53. The van der Waals surface area contributed by atoms with Gasteiger partial charge in [-0.25, -0.2) is 9.38 Å². The number of amides is 1. The molecular formula is C22H21ClFN3O2. The number of carbonyl (C=O) groups is 1. The number of ether oxygens (including phenoxy) is 1. The first kappa shape index (κ1) is 18.4. The van der Waals surface area contributed by atoms with Crippen molar-refractivity contribution in [2.24, 2.45) is 16.6 Å². The highest BCUT2D eigenvalue weighted by molar-refractivity contribution is 6.30. The van der Waals surface area contributed by atoms with Crippen LogP contribution < -0.4 is 10.5 Å². The van der Waals surface area contributed by atoms with Crippen molar-refractivity contribution >= 4 is 23.5 Å². The number of halogens is 2. The third-order valence-electron chi connectivity index (χ3n) is 6.37. The lowest BCUT2D eigenvalue weighted by Gasteiger charge is -2.46. The molecule has 1 saturated carbocycles. The van der Waals surface area contributed by atoms with E-state index < -0.39 is 11.4 Å². The normalized spacial score (nSPS) is 28.0. The molecule has 0 aromatic heterocycles. The number of carbonyl (C=O) groups excluding carboxylic acids is 1. The molecule has 2 unspecified atom stereocenters. The number of rotatable bonds is 1. The Morgan fingerprint density at radius 3 is 2.72 bits per heavy atom. The molecule has 5 nitrogen and oxygen atoms in total. The Labute approximate surface area is 173 Å². The number of nitrogens with zero attached hydrogens (tertiary/aromatic N) is 2. The number of guanidine groups is 1. The van der Waals surface area contributed by atoms with Crippen molar-refractivity contribution in [2.45, 2.75) is 37.3 Å². The number of nitrogens with two attached hydrogens (primary N) is 1. The molecular weight excluding hydrogens is 393 g/mol. The lowest BCUT2D eigenvalue weighted by atomic mass is 9.67. The number of fused-ring (bicyclic) bond motifs is 4. The third-order valence-corrected chi connectivity index (χ3v) is 6.59. The molecule has 0 radical (unpaired) electrons. The average molecular weight is 414 g/mol. The van der Waals surface area contributed by atoms with Crippen LogP contribution >= 0.6 is 11.6 Å². The first-order valence-corrected chi connectivity index (χ1v) is 10.2. The minimum Gasteiger partial charge on any atom is -0.490 e. The topological polar surface area (TPSA) is 67.9 Å². The minimum absolute atomic E-state index is 0.0716. The summed E-state index contributed by atoms with van der Waals surface area (Å²) in [6, 6.07) is 9.96. The van der Waals surface area contributed by atoms with Gasteiger partial charge in [0.15, 0.2) is 11.5 Å². The zero-order chi connectivity index (χ0) is 20.3. The van der Waals surface area contributed by atoms with E-state index >= 15 is 0 Å². The van der Waals surface area contributed by atoms with Crippen LogP contribution in [-0.2, 0) is 10.3 Å². The Morgan fingerprint density at radius 1 is 1.21 bits per heavy atom. The highest BCUT2D eigenvalue weighted by atomic mass is 35.5. The second-order valence-electron chi connectivity index (χ2n) is 8.02. The van der Waals surface area contributed by atoms with Crippen molar-refractivity contribution in [2.75, 3.05) is 7.05 Å². The third kappa shape index (κ3) is 2.65. The molecule has 2 aromatic rings. The average Bonchev–Trinajstić information content (AvgIpc) is 2.92. The van der Waals surface area contributed by atoms with Crippen LogP contribution in [0.2, 0.25) is 5.02 Å². The van der Waals surface area contributed by atoms with Crippen LogP contribution in [0.3, 0.4) is 0 Å². The van der Waals surface area contributed by atoms with Gasteiger partial charge >= 0.3 is 0 Å². The number of benzene rings is 2. The van der Waals surface area contributed by atoms with Gasteiger partial charge in [0, 0.05) is 23.6 Å². The summed E-state index contributed by atoms with van der Waals surface area (Å²) < 4.78 is 20.2. The molecule has 7 heteroatoms. The summed E-state index contributed by atoms with van der Waals surface area (Å²) in [6.45, 7) is 0. The maximum Gasteiger partial charge on any atom is 0.262 e. The maximum atomic E-state index is 13.9. The molecule has 5 rings (SSSR count). The highest BCUT2D eigenvalue weighted by Crippen LogP contribution is 2.53. The predicted molar refractivity (Wildman–Crippen MR) is 109 cm³/mol. The SMILES string of the molecule is CN1C(=O)C2(N=C1N)c1cc(-c3cc(F)cc(Cl)c3)ccc1OC1CCCC[C@@H]12. The summed E-state index contributed by atoms with van der Waals surface area (Å²) in [5, 5.41) is 0.315. The Morgan fingerprint density at radius 2 is 2.00 bits per heavy atom. The molecule has 150 valence electrons. The molecule has 2 aromatic carbocycles. The second-order valence-corrected chi connectivity index (χ2v) is 8.45. The van der Waals surface area contributed by atoms with Crippen LogP contribution in [0.1, 0.15) is 31.2 Å². The summed E-state index contributed by atoms with van der Waals surface area (Å²) in [5.74, 6) is 0.227. The van der Waals surface area contributed by atoms with Crippen LogP contribution in [0.15, 0.2) is 41.4 Å².